The van der Waals surface area contributed by atoms with Crippen LogP contribution in [0.25, 0.3) is 0 Å². The van der Waals surface area contributed by atoms with Gasteiger partial charge in [0, 0.05) is 0 Å². The summed E-state index contributed by atoms with van der Waals surface area (Å²) in [6.07, 6.45) is 4.03. The number of isocyanates is 1. The Bertz CT molecular complexity index is 309. The summed E-state index contributed by atoms with van der Waals surface area (Å²) in [4.78, 5) is 23.7. The molecule has 0 heterocycles. The Morgan fingerprint density at radius 3 is 2.54 bits per heavy atom. The predicted octanol–water partition coefficient (Wildman–Crippen LogP) is 1.12. The molecule has 0 bridgehead atoms. The molecule has 0 rings (SSSR count). The molecule has 0 unspecified atom stereocenters. The third kappa shape index (κ3) is 4.50. The number of esters is 1. The molecule has 0 spiro atoms. The molecule has 0 fully saturated rings. The fourth-order valence-electron chi connectivity index (χ4n) is 0.492. The highest BCUT2D eigenvalue weighted by molar-refractivity contribution is 5.90. The molecule has 0 aliphatic heterocycles. The van der Waals surface area contributed by atoms with E-state index in [0.717, 1.165) is 0 Å². The molecule has 0 radical (unpaired) electrons. The van der Waals surface area contributed by atoms with Gasteiger partial charge < -0.3 is 4.74 Å². The van der Waals surface area contributed by atoms with E-state index < -0.39 is 5.97 Å². The van der Waals surface area contributed by atoms with Gasteiger partial charge in [-0.25, -0.2) is 9.59 Å². The molecule has 0 aromatic rings. The number of nitrogens with zero attached hydrogens (tertiary/aromatic N) is 1. The number of allylic oxidation sites excluding steroid dienone is 1. The molecular weight excluding hydrogens is 170 g/mol. The maximum Gasteiger partial charge on any atom is 0.337 e. The summed E-state index contributed by atoms with van der Waals surface area (Å²) in [5.74, 6) is -0.542. The number of hydrogen-bond donors (Lipinski definition) is 0. The van der Waals surface area contributed by atoms with Crippen LogP contribution in [0, 0.1) is 0 Å². The van der Waals surface area contributed by atoms with Crippen molar-refractivity contribution in [2.75, 3.05) is 7.11 Å². The van der Waals surface area contributed by atoms with E-state index in [9.17, 15) is 9.59 Å². The van der Waals surface area contributed by atoms with Crippen molar-refractivity contribution < 1.29 is 14.3 Å². The topological polar surface area (TPSA) is 55.7 Å². The van der Waals surface area contributed by atoms with E-state index in [1.165, 1.54) is 25.3 Å². The van der Waals surface area contributed by atoms with Gasteiger partial charge in [-0.1, -0.05) is 13.2 Å². The summed E-state index contributed by atoms with van der Waals surface area (Å²) < 4.78 is 4.38. The minimum Gasteiger partial charge on any atom is -0.465 e. The maximum absolute atomic E-state index is 10.8. The van der Waals surface area contributed by atoms with Crippen molar-refractivity contribution in [2.45, 2.75) is 0 Å². The van der Waals surface area contributed by atoms with Gasteiger partial charge in [0.05, 0.1) is 18.4 Å². The second kappa shape index (κ2) is 5.69. The number of aliphatic imine (C=N–C) groups is 1. The molecule has 0 N–H and O–H groups in total. The molecule has 0 saturated heterocycles. The first-order chi connectivity index (χ1) is 6.11. The van der Waals surface area contributed by atoms with E-state index in [4.69, 9.17) is 0 Å². The lowest BCUT2D eigenvalue weighted by atomic mass is 10.2. The molecule has 68 valence electrons. The molecule has 0 aromatic heterocycles. The van der Waals surface area contributed by atoms with E-state index in [1.54, 1.807) is 0 Å². The Morgan fingerprint density at radius 1 is 1.46 bits per heavy atom. The first-order valence-corrected chi connectivity index (χ1v) is 3.34. The van der Waals surface area contributed by atoms with Gasteiger partial charge in [0.25, 0.3) is 0 Å². The summed E-state index contributed by atoms with van der Waals surface area (Å²) in [5.41, 5.74) is 0.352. The summed E-state index contributed by atoms with van der Waals surface area (Å²) in [5, 5.41) is 0. The number of hydrogen-bond acceptors (Lipinski definition) is 4. The van der Waals surface area contributed by atoms with Crippen LogP contribution in [-0.4, -0.2) is 19.2 Å². The Balaban J connectivity index is 4.28. The number of carbonyl (C=O) groups is 1. The Hall–Kier alpha value is -1.93. The van der Waals surface area contributed by atoms with Gasteiger partial charge in [0.15, 0.2) is 0 Å². The lowest BCUT2D eigenvalue weighted by Gasteiger charge is -1.95. The highest BCUT2D eigenvalue weighted by atomic mass is 16.5. The molecule has 0 aromatic carbocycles. The largest absolute Gasteiger partial charge is 0.465 e. The van der Waals surface area contributed by atoms with Crippen LogP contribution >= 0.6 is 0 Å². The normalized spacial score (nSPS) is 9.00. The van der Waals surface area contributed by atoms with Crippen LogP contribution in [0.2, 0.25) is 0 Å². The van der Waals surface area contributed by atoms with Gasteiger partial charge in [-0.15, -0.1) is 0 Å². The summed E-state index contributed by atoms with van der Waals surface area (Å²) in [6.45, 7) is 6.81. The highest BCUT2D eigenvalue weighted by Gasteiger charge is 2.00. The van der Waals surface area contributed by atoms with Gasteiger partial charge >= 0.3 is 5.97 Å². The molecule has 13 heavy (non-hydrogen) atoms. The first kappa shape index (κ1) is 11.1. The second-order valence-electron chi connectivity index (χ2n) is 2.04. The van der Waals surface area contributed by atoms with Gasteiger partial charge in [0.1, 0.15) is 0 Å². The van der Waals surface area contributed by atoms with E-state index in [0.29, 0.717) is 0 Å². The Kier molecular flexibility index (Phi) is 4.84. The molecule has 0 atom stereocenters. The number of rotatable bonds is 4. The zero-order chi connectivity index (χ0) is 10.3. The van der Waals surface area contributed by atoms with Crippen LogP contribution in [0.1, 0.15) is 0 Å². The van der Waals surface area contributed by atoms with E-state index >= 15 is 0 Å². The van der Waals surface area contributed by atoms with Crippen LogP contribution in [0.15, 0.2) is 41.6 Å². The van der Waals surface area contributed by atoms with E-state index in [-0.39, 0.29) is 11.3 Å². The highest BCUT2D eigenvalue weighted by Crippen LogP contribution is 2.00. The van der Waals surface area contributed by atoms with Gasteiger partial charge in [-0.3, -0.25) is 0 Å². The molecule has 0 saturated carbocycles. The van der Waals surface area contributed by atoms with Crippen molar-refractivity contribution in [1.29, 1.82) is 0 Å². The van der Waals surface area contributed by atoms with Crippen LogP contribution in [0.4, 0.5) is 0 Å². The average Bonchev–Trinajstić information content (AvgIpc) is 2.13. The van der Waals surface area contributed by atoms with Gasteiger partial charge in [-0.2, -0.15) is 4.99 Å². The van der Waals surface area contributed by atoms with Gasteiger partial charge in [-0.05, 0) is 12.2 Å². The Morgan fingerprint density at radius 2 is 2.08 bits per heavy atom. The lowest BCUT2D eigenvalue weighted by Crippen LogP contribution is -2.00. The molecule has 0 aliphatic carbocycles. The Labute approximate surface area is 75.9 Å². The lowest BCUT2D eigenvalue weighted by molar-refractivity contribution is -0.135. The summed E-state index contributed by atoms with van der Waals surface area (Å²) in [7, 11) is 1.25. The monoisotopic (exact) mass is 179 g/mol. The van der Waals surface area contributed by atoms with Crippen molar-refractivity contribution in [3.8, 4) is 0 Å². The SMILES string of the molecule is C=C(/C=C\C(=C)C(=O)OC)N=C=O. The van der Waals surface area contributed by atoms with Crippen molar-refractivity contribution in [3.05, 3.63) is 36.6 Å². The maximum atomic E-state index is 10.8. The van der Waals surface area contributed by atoms with Crippen LogP contribution in [0.3, 0.4) is 0 Å². The first-order valence-electron chi connectivity index (χ1n) is 3.34. The van der Waals surface area contributed by atoms with Crippen molar-refractivity contribution >= 4 is 12.0 Å². The molecule has 0 amide bonds. The number of carbonyl (C=O) groups excluding carboxylic acids is 2. The molecule has 4 heteroatoms. The van der Waals surface area contributed by atoms with E-state index in [2.05, 4.69) is 22.9 Å². The standard InChI is InChI=1S/C9H9NO3/c1-7(9(12)13-3)4-5-8(2)10-6-11/h4-5H,1-2H2,3H3/b5-4-. The quantitative estimate of drug-likeness (QED) is 0.213. The van der Waals surface area contributed by atoms with Crippen molar-refractivity contribution in [1.82, 2.24) is 0 Å². The number of ether oxygens (including phenoxy) is 1. The van der Waals surface area contributed by atoms with E-state index in [1.807, 2.05) is 0 Å². The minimum absolute atomic E-state index is 0.157. The fourth-order valence-corrected chi connectivity index (χ4v) is 0.492. The molecule has 0 aliphatic rings. The zero-order valence-corrected chi connectivity index (χ0v) is 7.24. The zero-order valence-electron chi connectivity index (χ0n) is 7.24. The van der Waals surface area contributed by atoms with Gasteiger partial charge in [0.2, 0.25) is 6.08 Å². The van der Waals surface area contributed by atoms with Crippen molar-refractivity contribution in [3.63, 3.8) is 0 Å². The van der Waals surface area contributed by atoms with Crippen LogP contribution in [-0.2, 0) is 14.3 Å². The second-order valence-corrected chi connectivity index (χ2v) is 2.04. The minimum atomic E-state index is -0.542. The third-order valence-electron chi connectivity index (χ3n) is 1.11. The average molecular weight is 179 g/mol. The third-order valence-corrected chi connectivity index (χ3v) is 1.11. The molecule has 4 nitrogen and oxygen atoms in total. The van der Waals surface area contributed by atoms with Crippen molar-refractivity contribution in [2.24, 2.45) is 4.99 Å². The summed E-state index contributed by atoms with van der Waals surface area (Å²) in [6, 6.07) is 0. The molecular formula is C9H9NO3. The van der Waals surface area contributed by atoms with Crippen LogP contribution in [0.5, 0.6) is 0 Å². The van der Waals surface area contributed by atoms with Crippen LogP contribution < -0.4 is 0 Å². The number of methoxy groups -OCH3 is 1. The predicted molar refractivity (Wildman–Crippen MR) is 47.6 cm³/mol. The summed E-state index contributed by atoms with van der Waals surface area (Å²) >= 11 is 0. The smallest absolute Gasteiger partial charge is 0.337 e. The fraction of sp³-hybridized carbons (Fsp3) is 0.111.